The van der Waals surface area contributed by atoms with Gasteiger partial charge in [-0.25, -0.2) is 4.98 Å². The van der Waals surface area contributed by atoms with Gasteiger partial charge in [-0.1, -0.05) is 42.5 Å². The van der Waals surface area contributed by atoms with Gasteiger partial charge in [0.2, 0.25) is 0 Å². The van der Waals surface area contributed by atoms with E-state index in [1.165, 1.54) is 0 Å². The van der Waals surface area contributed by atoms with Crippen LogP contribution in [-0.4, -0.2) is 15.3 Å². The summed E-state index contributed by atoms with van der Waals surface area (Å²) < 4.78 is 1.93. The maximum Gasteiger partial charge on any atom is 0.256 e. The van der Waals surface area contributed by atoms with E-state index in [1.54, 1.807) is 12.1 Å². The van der Waals surface area contributed by atoms with Gasteiger partial charge in [0.25, 0.3) is 5.91 Å². The van der Waals surface area contributed by atoms with E-state index in [1.807, 2.05) is 79.0 Å². The highest BCUT2D eigenvalue weighted by atomic mass is 16.1. The molecule has 0 bridgehead atoms. The highest BCUT2D eigenvalue weighted by molar-refractivity contribution is 6.05. The lowest BCUT2D eigenvalue weighted by molar-refractivity contribution is 0.102. The molecule has 0 aliphatic carbocycles. The summed E-state index contributed by atoms with van der Waals surface area (Å²) >= 11 is 0. The third-order valence-electron chi connectivity index (χ3n) is 4.45. The Balaban J connectivity index is 1.88. The Morgan fingerprint density at radius 3 is 2.46 bits per heavy atom. The molecule has 4 rings (SSSR count). The van der Waals surface area contributed by atoms with Crippen LogP contribution in [0, 0.1) is 13.8 Å². The molecule has 128 valence electrons. The van der Waals surface area contributed by atoms with Crippen LogP contribution in [0.2, 0.25) is 0 Å². The summed E-state index contributed by atoms with van der Waals surface area (Å²) in [7, 11) is 0. The van der Waals surface area contributed by atoms with Gasteiger partial charge in [-0.2, -0.15) is 0 Å². The molecule has 0 radical (unpaired) electrons. The molecule has 4 aromatic rings. The summed E-state index contributed by atoms with van der Waals surface area (Å²) in [5.41, 5.74) is 5.45. The second-order valence-electron chi connectivity index (χ2n) is 6.38. The van der Waals surface area contributed by atoms with Crippen LogP contribution in [0.1, 0.15) is 21.5 Å². The highest BCUT2D eigenvalue weighted by Gasteiger charge is 2.18. The summed E-state index contributed by atoms with van der Waals surface area (Å²) in [4.78, 5) is 17.5. The Labute approximate surface area is 152 Å². The van der Waals surface area contributed by atoms with E-state index in [-0.39, 0.29) is 5.91 Å². The molecule has 0 saturated carbocycles. The fraction of sp³-hybridized carbons (Fsp3) is 0.0909. The van der Waals surface area contributed by atoms with E-state index in [2.05, 4.69) is 5.32 Å². The first kappa shape index (κ1) is 16.1. The van der Waals surface area contributed by atoms with Gasteiger partial charge >= 0.3 is 0 Å². The molecule has 26 heavy (non-hydrogen) atoms. The van der Waals surface area contributed by atoms with Crippen molar-refractivity contribution >= 4 is 17.4 Å². The summed E-state index contributed by atoms with van der Waals surface area (Å²) in [5, 5.41) is 3.06. The van der Waals surface area contributed by atoms with E-state index >= 15 is 0 Å². The average molecular weight is 341 g/mol. The average Bonchev–Trinajstić information content (AvgIpc) is 3.00. The molecule has 0 aliphatic rings. The third kappa shape index (κ3) is 2.86. The highest BCUT2D eigenvalue weighted by Crippen LogP contribution is 2.31. The normalized spacial score (nSPS) is 10.8. The van der Waals surface area contributed by atoms with Crippen LogP contribution in [0.3, 0.4) is 0 Å². The number of carbonyl (C=O) groups excluding carboxylic acids is 1. The van der Waals surface area contributed by atoms with Crippen LogP contribution < -0.4 is 5.32 Å². The molecular weight excluding hydrogens is 322 g/mol. The van der Waals surface area contributed by atoms with E-state index in [4.69, 9.17) is 4.98 Å². The number of fused-ring (bicyclic) bond motifs is 1. The lowest BCUT2D eigenvalue weighted by Crippen LogP contribution is -2.14. The van der Waals surface area contributed by atoms with Crippen LogP contribution in [0.15, 0.2) is 72.9 Å². The maximum absolute atomic E-state index is 12.7. The quantitative estimate of drug-likeness (QED) is 0.578. The van der Waals surface area contributed by atoms with Crippen molar-refractivity contribution in [3.05, 3.63) is 89.6 Å². The maximum atomic E-state index is 12.7. The lowest BCUT2D eigenvalue weighted by Gasteiger charge is -2.09. The van der Waals surface area contributed by atoms with Crippen molar-refractivity contribution in [3.8, 4) is 11.3 Å². The van der Waals surface area contributed by atoms with Gasteiger partial charge in [-0.15, -0.1) is 0 Å². The number of nitrogens with zero attached hydrogens (tertiary/aromatic N) is 2. The van der Waals surface area contributed by atoms with Crippen molar-refractivity contribution in [2.75, 3.05) is 5.32 Å². The van der Waals surface area contributed by atoms with Crippen molar-refractivity contribution in [2.24, 2.45) is 0 Å². The van der Waals surface area contributed by atoms with Crippen LogP contribution in [0.25, 0.3) is 16.9 Å². The molecule has 1 N–H and O–H groups in total. The van der Waals surface area contributed by atoms with E-state index in [9.17, 15) is 4.79 Å². The van der Waals surface area contributed by atoms with Crippen molar-refractivity contribution in [2.45, 2.75) is 13.8 Å². The zero-order chi connectivity index (χ0) is 18.1. The molecule has 0 aliphatic heterocycles. The molecule has 0 fully saturated rings. The van der Waals surface area contributed by atoms with Crippen LogP contribution in [-0.2, 0) is 0 Å². The summed E-state index contributed by atoms with van der Waals surface area (Å²) in [6.07, 6.45) is 1.94. The van der Waals surface area contributed by atoms with Gasteiger partial charge in [-0.05, 0) is 49.2 Å². The van der Waals surface area contributed by atoms with E-state index < -0.39 is 0 Å². The molecule has 4 heteroatoms. The number of amides is 1. The van der Waals surface area contributed by atoms with Gasteiger partial charge in [0.1, 0.15) is 17.2 Å². The fourth-order valence-electron chi connectivity index (χ4n) is 3.06. The number of anilines is 1. The van der Waals surface area contributed by atoms with Crippen molar-refractivity contribution in [1.29, 1.82) is 0 Å². The first-order chi connectivity index (χ1) is 12.6. The molecular formula is C22H19N3O. The number of nitrogens with one attached hydrogen (secondary N) is 1. The predicted octanol–water partition coefficient (Wildman–Crippen LogP) is 4.87. The molecule has 0 saturated heterocycles. The van der Waals surface area contributed by atoms with Gasteiger partial charge in [-0.3, -0.25) is 9.20 Å². The SMILES string of the molecule is Cc1ccn2c(NC(=O)c3ccccc3)c(-c3ccccc3C)nc2c1. The number of aromatic nitrogens is 2. The Kier molecular flexibility index (Phi) is 4.01. The van der Waals surface area contributed by atoms with Crippen LogP contribution in [0.4, 0.5) is 5.82 Å². The molecule has 1 amide bonds. The van der Waals surface area contributed by atoms with Crippen molar-refractivity contribution in [1.82, 2.24) is 9.38 Å². The Morgan fingerprint density at radius 2 is 1.69 bits per heavy atom. The number of imidazole rings is 1. The minimum Gasteiger partial charge on any atom is -0.306 e. The van der Waals surface area contributed by atoms with Gasteiger partial charge in [0.15, 0.2) is 0 Å². The number of hydrogen-bond acceptors (Lipinski definition) is 2. The topological polar surface area (TPSA) is 46.4 Å². The smallest absolute Gasteiger partial charge is 0.256 e. The number of aryl methyl sites for hydroxylation is 2. The zero-order valence-corrected chi connectivity index (χ0v) is 14.7. The van der Waals surface area contributed by atoms with Crippen molar-refractivity contribution in [3.63, 3.8) is 0 Å². The van der Waals surface area contributed by atoms with Crippen LogP contribution in [0.5, 0.6) is 0 Å². The second-order valence-corrected chi connectivity index (χ2v) is 6.38. The van der Waals surface area contributed by atoms with Gasteiger partial charge in [0.05, 0.1) is 0 Å². The number of rotatable bonds is 3. The minimum atomic E-state index is -0.150. The Bertz CT molecular complexity index is 1100. The van der Waals surface area contributed by atoms with E-state index in [0.717, 1.165) is 28.0 Å². The summed E-state index contributed by atoms with van der Waals surface area (Å²) in [5.74, 6) is 0.533. The standard InChI is InChI=1S/C22H19N3O/c1-15-12-13-25-19(14-15)23-20(18-11-7-6-8-16(18)2)21(25)24-22(26)17-9-4-3-5-10-17/h3-14H,1-2H3,(H,24,26). The summed E-state index contributed by atoms with van der Waals surface area (Å²) in [6, 6.07) is 21.3. The largest absolute Gasteiger partial charge is 0.306 e. The predicted molar refractivity (Wildman–Crippen MR) is 104 cm³/mol. The number of carbonyl (C=O) groups is 1. The van der Waals surface area contributed by atoms with Gasteiger partial charge < -0.3 is 5.32 Å². The number of benzene rings is 2. The molecule has 0 atom stereocenters. The molecule has 2 heterocycles. The number of hydrogen-bond donors (Lipinski definition) is 1. The van der Waals surface area contributed by atoms with E-state index in [0.29, 0.717) is 11.4 Å². The first-order valence-corrected chi connectivity index (χ1v) is 8.54. The lowest BCUT2D eigenvalue weighted by atomic mass is 10.1. The summed E-state index contributed by atoms with van der Waals surface area (Å²) in [6.45, 7) is 4.08. The minimum absolute atomic E-state index is 0.150. The Morgan fingerprint density at radius 1 is 0.962 bits per heavy atom. The monoisotopic (exact) mass is 341 g/mol. The second kappa shape index (κ2) is 6.48. The van der Waals surface area contributed by atoms with Crippen molar-refractivity contribution < 1.29 is 4.79 Å². The molecule has 0 unspecified atom stereocenters. The third-order valence-corrected chi connectivity index (χ3v) is 4.45. The molecule has 2 aromatic carbocycles. The number of pyridine rings is 1. The zero-order valence-electron chi connectivity index (χ0n) is 14.7. The van der Waals surface area contributed by atoms with Gasteiger partial charge in [0, 0.05) is 17.3 Å². The first-order valence-electron chi connectivity index (χ1n) is 8.54. The molecule has 0 spiro atoms. The van der Waals surface area contributed by atoms with Crippen LogP contribution >= 0.6 is 0 Å². The molecule has 4 nitrogen and oxygen atoms in total. The fourth-order valence-corrected chi connectivity index (χ4v) is 3.06. The molecule has 2 aromatic heterocycles. The Hall–Kier alpha value is -3.40.